The second-order valence-corrected chi connectivity index (χ2v) is 22.6. The van der Waals surface area contributed by atoms with Gasteiger partial charge in [0.2, 0.25) is 0 Å². The summed E-state index contributed by atoms with van der Waals surface area (Å²) in [5.41, 5.74) is 16.2. The van der Waals surface area contributed by atoms with E-state index in [1.165, 1.54) is 18.9 Å². The normalized spacial score (nSPS) is 10.9. The van der Waals surface area contributed by atoms with Gasteiger partial charge in [0.25, 0.3) is 0 Å². The lowest BCUT2D eigenvalue weighted by molar-refractivity contribution is 0.198. The van der Waals surface area contributed by atoms with Crippen molar-refractivity contribution in [2.45, 2.75) is 26.7 Å². The molecular weight excluding hydrogens is 1210 g/mol. The Morgan fingerprint density at radius 3 is 1.52 bits per heavy atom. The number of methoxy groups -OCH3 is 2. The number of carbonyl (C=O) groups excluding carboxylic acids is 2. The Hall–Kier alpha value is -8.05. The molecule has 79 heavy (non-hydrogen) atoms. The maximum absolute atomic E-state index is 12.4. The minimum Gasteiger partial charge on any atom is -0.506 e. The van der Waals surface area contributed by atoms with Crippen molar-refractivity contribution in [3.8, 4) is 34.5 Å². The molecule has 0 spiro atoms. The average molecular weight is 1270 g/mol. The summed E-state index contributed by atoms with van der Waals surface area (Å²) >= 11 is 9.31. The molecule has 1 fully saturated rings. The summed E-state index contributed by atoms with van der Waals surface area (Å²) in [5.74, 6) is 2.41. The number of nitrogens with zero attached hydrogens (tertiary/aromatic N) is 3. The van der Waals surface area contributed by atoms with Gasteiger partial charge in [-0.2, -0.15) is 0 Å². The number of ether oxygens (including phenoxy) is 5. The summed E-state index contributed by atoms with van der Waals surface area (Å²) in [6, 6.07) is 42.1. The maximum Gasteiger partial charge on any atom is 0.369 e. The molecule has 0 bridgehead atoms. The van der Waals surface area contributed by atoms with Crippen LogP contribution in [0.1, 0.15) is 26.7 Å². The first kappa shape index (κ1) is 61.8. The minimum atomic E-state index is -0.577. The highest BCUT2D eigenvalue weighted by Crippen LogP contribution is 2.34. The van der Waals surface area contributed by atoms with Crippen LogP contribution < -0.4 is 51.7 Å². The van der Waals surface area contributed by atoms with Crippen LogP contribution in [0.5, 0.6) is 34.5 Å². The molecule has 0 atom stereocenters. The van der Waals surface area contributed by atoms with E-state index in [1.54, 1.807) is 87.4 Å². The topological polar surface area (TPSA) is 260 Å². The SMILES string of the molecule is BrB(Br)Br.C1CCOC1.CCOc1ccccc1N.CCOc1ccccc1NC(=O)Nc1ccc2cccnc2c1OC.COc1c(N)ccc2cccnc12.O=C(Nc1ccccc1O)Nc1ccc2cccnc2c1O. The Bertz CT molecular complexity index is 3350. The summed E-state index contributed by atoms with van der Waals surface area (Å²) in [4.78, 5) is 37.0. The van der Waals surface area contributed by atoms with E-state index in [2.05, 4.69) is 83.5 Å². The molecule has 9 aromatic rings. The number of carbonyl (C=O) groups is 2. The van der Waals surface area contributed by atoms with Crippen LogP contribution in [-0.2, 0) is 4.74 Å². The van der Waals surface area contributed by atoms with Crippen LogP contribution in [0.3, 0.4) is 0 Å². The summed E-state index contributed by atoms with van der Waals surface area (Å²) in [6.07, 6.45) is 7.53. The third kappa shape index (κ3) is 19.7. The first-order valence-corrected chi connectivity index (χ1v) is 27.3. The Morgan fingerprint density at radius 2 is 0.975 bits per heavy atom. The number of nitrogens with two attached hydrogens (primary N) is 2. The molecule has 4 amide bonds. The number of para-hydroxylation sites is 6. The predicted molar refractivity (Wildman–Crippen MR) is 330 cm³/mol. The molecule has 18 nitrogen and oxygen atoms in total. The van der Waals surface area contributed by atoms with E-state index < -0.39 is 6.03 Å². The van der Waals surface area contributed by atoms with E-state index in [4.69, 9.17) is 35.2 Å². The summed E-state index contributed by atoms with van der Waals surface area (Å²) in [7, 11) is 3.15. The number of anilines is 6. The second kappa shape index (κ2) is 33.3. The molecule has 412 valence electrons. The quantitative estimate of drug-likeness (QED) is 0.0360. The number of nitrogens with one attached hydrogen (secondary N) is 4. The average Bonchev–Trinajstić information content (AvgIpc) is 4.06. The van der Waals surface area contributed by atoms with Gasteiger partial charge in [-0.25, -0.2) is 9.59 Å². The predicted octanol–water partition coefficient (Wildman–Crippen LogP) is 14.0. The number of hydrogen-bond acceptors (Lipinski definition) is 14. The summed E-state index contributed by atoms with van der Waals surface area (Å²) in [6.45, 7) is 7.01. The molecule has 10 N–H and O–H groups in total. The van der Waals surface area contributed by atoms with Gasteiger partial charge in [-0.05, 0) is 99.5 Å². The number of amides is 4. The molecule has 1 aliphatic rings. The van der Waals surface area contributed by atoms with Gasteiger partial charge < -0.3 is 66.6 Å². The molecule has 1 aliphatic heterocycles. The number of urea groups is 2. The van der Waals surface area contributed by atoms with Crippen LogP contribution in [-0.4, -0.2) is 81.1 Å². The number of hydrogen-bond donors (Lipinski definition) is 8. The second-order valence-electron chi connectivity index (χ2n) is 16.2. The lowest BCUT2D eigenvalue weighted by atomic mass is 10.2. The molecule has 0 radical (unpaired) electrons. The molecule has 1 saturated heterocycles. The van der Waals surface area contributed by atoms with Crippen molar-refractivity contribution in [1.29, 1.82) is 0 Å². The molecule has 22 heteroatoms. The van der Waals surface area contributed by atoms with Crippen molar-refractivity contribution in [3.63, 3.8) is 0 Å². The van der Waals surface area contributed by atoms with E-state index in [9.17, 15) is 19.8 Å². The Balaban J connectivity index is 0.000000192. The molecule has 0 unspecified atom stereocenters. The highest BCUT2D eigenvalue weighted by Gasteiger charge is 2.15. The smallest absolute Gasteiger partial charge is 0.369 e. The number of aromatic nitrogens is 3. The van der Waals surface area contributed by atoms with Gasteiger partial charge in [0.1, 0.15) is 33.8 Å². The number of pyridine rings is 3. The Kier molecular flexibility index (Phi) is 26.0. The highest BCUT2D eigenvalue weighted by molar-refractivity contribution is 9.69. The van der Waals surface area contributed by atoms with E-state index >= 15 is 0 Å². The van der Waals surface area contributed by atoms with E-state index in [0.29, 0.717) is 64.2 Å². The van der Waals surface area contributed by atoms with E-state index in [-0.39, 0.29) is 32.1 Å². The van der Waals surface area contributed by atoms with Gasteiger partial charge in [0, 0.05) is 48.0 Å². The molecule has 10 rings (SSSR count). The Labute approximate surface area is 483 Å². The van der Waals surface area contributed by atoms with Gasteiger partial charge >= 0.3 is 15.2 Å². The number of phenolic OH excluding ortho intramolecular Hbond substituents is 2. The van der Waals surface area contributed by atoms with Crippen molar-refractivity contribution < 1.29 is 43.5 Å². The van der Waals surface area contributed by atoms with Crippen LogP contribution in [0.4, 0.5) is 43.7 Å². The van der Waals surface area contributed by atoms with Crippen molar-refractivity contribution in [2.75, 3.05) is 73.4 Å². The first-order chi connectivity index (χ1) is 38.3. The Morgan fingerprint density at radius 1 is 0.532 bits per heavy atom. The van der Waals surface area contributed by atoms with Gasteiger partial charge in [0.05, 0.1) is 61.6 Å². The number of nitrogen functional groups attached to an aromatic ring is 2. The lowest BCUT2D eigenvalue weighted by Crippen LogP contribution is -2.20. The molecule has 0 saturated carbocycles. The third-order valence-electron chi connectivity index (χ3n) is 10.8. The monoisotopic (exact) mass is 1260 g/mol. The van der Waals surface area contributed by atoms with Crippen LogP contribution >= 0.6 is 47.3 Å². The lowest BCUT2D eigenvalue weighted by Gasteiger charge is -2.14. The fourth-order valence-electron chi connectivity index (χ4n) is 7.26. The van der Waals surface area contributed by atoms with Gasteiger partial charge in [0.15, 0.2) is 17.2 Å². The van der Waals surface area contributed by atoms with Crippen molar-refractivity contribution >= 4 is 129 Å². The van der Waals surface area contributed by atoms with E-state index in [1.807, 2.05) is 98.8 Å². The molecular formula is C57H61BBr3N9O9. The van der Waals surface area contributed by atoms with Crippen molar-refractivity contribution in [1.82, 2.24) is 15.0 Å². The number of halogens is 3. The third-order valence-corrected chi connectivity index (χ3v) is 10.8. The minimum absolute atomic E-state index is 0.0398. The largest absolute Gasteiger partial charge is 0.506 e. The van der Waals surface area contributed by atoms with Crippen LogP contribution in [0.2, 0.25) is 0 Å². The van der Waals surface area contributed by atoms with E-state index in [0.717, 1.165) is 40.6 Å². The maximum atomic E-state index is 12.4. The molecule has 4 heterocycles. The number of benzene rings is 6. The number of phenols is 2. The zero-order chi connectivity index (χ0) is 56.9. The fraction of sp³-hybridized carbons (Fsp3) is 0.175. The van der Waals surface area contributed by atoms with Crippen LogP contribution in [0, 0.1) is 0 Å². The summed E-state index contributed by atoms with van der Waals surface area (Å²) < 4.78 is 26.6. The summed E-state index contributed by atoms with van der Waals surface area (Å²) in [5, 5.41) is 33.1. The molecule has 3 aromatic heterocycles. The number of fused-ring (bicyclic) bond motifs is 3. The zero-order valence-corrected chi connectivity index (χ0v) is 48.5. The first-order valence-electron chi connectivity index (χ1n) is 24.6. The van der Waals surface area contributed by atoms with Crippen molar-refractivity contribution in [3.05, 3.63) is 164 Å². The fourth-order valence-corrected chi connectivity index (χ4v) is 7.26. The number of rotatable bonds is 10. The standard InChI is InChI=1S/C19H19N3O3.C16H13N3O3.C10H10N2O.C8H11NO.C4H8O.BBr3/c1-3-25-16-9-5-4-8-14(16)21-19(23)22-15-11-10-13-7-6-12-20-17(13)18(15)24-2;20-13-6-2-1-5-11(13)18-16(22)19-12-8-7-10-4-3-9-17-14(10)15(12)21;1-13-10-8(11)5-4-7-3-2-6-12-9(7)10;1-2-10-8-6-4-3-5-7(8)9;1-2-4-5-3-1;2-1(3)4/h4-12H,3H2,1-2H3,(H2,21,22,23);1-9,20-21H,(H2,18,19,22);2-6H,11H2,1H3;3-6H,2,9H2,1H3;1-4H2;. The van der Waals surface area contributed by atoms with Gasteiger partial charge in [-0.1, -0.05) is 72.8 Å². The van der Waals surface area contributed by atoms with Crippen LogP contribution in [0.15, 0.2) is 164 Å². The van der Waals surface area contributed by atoms with Gasteiger partial charge in [-0.3, -0.25) is 15.0 Å². The number of aromatic hydroxyl groups is 2. The zero-order valence-electron chi connectivity index (χ0n) is 43.8. The molecule has 0 aliphatic carbocycles. The molecule has 6 aromatic carbocycles. The van der Waals surface area contributed by atoms with Crippen molar-refractivity contribution in [2.24, 2.45) is 0 Å². The van der Waals surface area contributed by atoms with Gasteiger partial charge in [-0.15, -0.1) is 47.3 Å². The van der Waals surface area contributed by atoms with Crippen LogP contribution in [0.25, 0.3) is 32.7 Å². The highest BCUT2D eigenvalue weighted by atomic mass is 79.9.